The van der Waals surface area contributed by atoms with Gasteiger partial charge >= 0.3 is 0 Å². The van der Waals surface area contributed by atoms with E-state index < -0.39 is 4.92 Å². The number of rotatable bonds is 4. The maximum Gasteiger partial charge on any atom is 0.273 e. The van der Waals surface area contributed by atoms with Crippen molar-refractivity contribution in [2.24, 2.45) is 0 Å². The van der Waals surface area contributed by atoms with Crippen molar-refractivity contribution in [1.29, 1.82) is 0 Å². The van der Waals surface area contributed by atoms with Crippen LogP contribution in [0.3, 0.4) is 0 Å². The summed E-state index contributed by atoms with van der Waals surface area (Å²) in [5.74, 6) is 0.846. The molecule has 0 fully saturated rings. The first kappa shape index (κ1) is 13.1. The van der Waals surface area contributed by atoms with Crippen LogP contribution in [0, 0.1) is 10.1 Å². The van der Waals surface area contributed by atoms with E-state index in [1.165, 1.54) is 25.3 Å². The normalized spacial score (nSPS) is 10.0. The molecule has 19 heavy (non-hydrogen) atoms. The fraction of sp³-hybridized carbons (Fsp3) is 0.0833. The van der Waals surface area contributed by atoms with Gasteiger partial charge in [-0.25, -0.2) is 4.98 Å². The van der Waals surface area contributed by atoms with Gasteiger partial charge in [-0.2, -0.15) is 0 Å². The summed E-state index contributed by atoms with van der Waals surface area (Å²) in [6.45, 7) is 0. The van der Waals surface area contributed by atoms with Gasteiger partial charge in [-0.1, -0.05) is 17.7 Å². The Morgan fingerprint density at radius 1 is 1.26 bits per heavy atom. The van der Waals surface area contributed by atoms with Crippen molar-refractivity contribution in [3.8, 4) is 17.4 Å². The number of nitro groups is 1. The second-order valence-corrected chi connectivity index (χ2v) is 3.88. The first-order valence-corrected chi connectivity index (χ1v) is 5.61. The molecule has 0 spiro atoms. The Kier molecular flexibility index (Phi) is 3.82. The van der Waals surface area contributed by atoms with Crippen LogP contribution >= 0.6 is 11.6 Å². The molecule has 0 saturated carbocycles. The number of pyridine rings is 1. The van der Waals surface area contributed by atoms with Crippen LogP contribution in [0.2, 0.25) is 5.15 Å². The summed E-state index contributed by atoms with van der Waals surface area (Å²) >= 11 is 5.74. The molecule has 0 aliphatic rings. The third-order valence-electron chi connectivity index (χ3n) is 2.26. The number of nitro benzene ring substituents is 1. The average Bonchev–Trinajstić information content (AvgIpc) is 2.39. The first-order valence-electron chi connectivity index (χ1n) is 5.23. The van der Waals surface area contributed by atoms with Gasteiger partial charge in [0.2, 0.25) is 5.88 Å². The molecule has 0 aliphatic heterocycles. The minimum absolute atomic E-state index is 0.0803. The average molecular weight is 281 g/mol. The highest BCUT2D eigenvalue weighted by Crippen LogP contribution is 2.34. The summed E-state index contributed by atoms with van der Waals surface area (Å²) in [4.78, 5) is 14.1. The standard InChI is InChI=1S/C12H9ClN2O4/c1-18-10-7-8(15(16)17)5-6-9(10)19-12-4-2-3-11(13)14-12/h2-7H,1H3. The highest BCUT2D eigenvalue weighted by atomic mass is 35.5. The molecule has 0 amide bonds. The molecule has 2 rings (SSSR count). The number of nitrogens with zero attached hydrogens (tertiary/aromatic N) is 2. The van der Waals surface area contributed by atoms with Crippen LogP contribution in [0.1, 0.15) is 0 Å². The van der Waals surface area contributed by atoms with Crippen molar-refractivity contribution >= 4 is 17.3 Å². The van der Waals surface area contributed by atoms with Crippen LogP contribution in [-0.2, 0) is 0 Å². The van der Waals surface area contributed by atoms with Gasteiger partial charge in [-0.3, -0.25) is 10.1 Å². The van der Waals surface area contributed by atoms with E-state index in [0.717, 1.165) is 0 Å². The van der Waals surface area contributed by atoms with E-state index in [-0.39, 0.29) is 17.3 Å². The zero-order valence-corrected chi connectivity index (χ0v) is 10.6. The van der Waals surface area contributed by atoms with E-state index in [9.17, 15) is 10.1 Å². The molecule has 0 bridgehead atoms. The summed E-state index contributed by atoms with van der Waals surface area (Å²) in [7, 11) is 1.40. The largest absolute Gasteiger partial charge is 0.493 e. The number of benzene rings is 1. The van der Waals surface area contributed by atoms with Gasteiger partial charge in [-0.05, 0) is 12.1 Å². The van der Waals surface area contributed by atoms with Gasteiger partial charge in [-0.15, -0.1) is 0 Å². The molecule has 1 heterocycles. The van der Waals surface area contributed by atoms with E-state index >= 15 is 0 Å². The van der Waals surface area contributed by atoms with Crippen molar-refractivity contribution in [3.63, 3.8) is 0 Å². The molecule has 0 N–H and O–H groups in total. The Morgan fingerprint density at radius 2 is 2.05 bits per heavy atom. The smallest absolute Gasteiger partial charge is 0.273 e. The number of methoxy groups -OCH3 is 1. The van der Waals surface area contributed by atoms with E-state index in [1.54, 1.807) is 18.2 Å². The SMILES string of the molecule is COc1cc([N+](=O)[O-])ccc1Oc1cccc(Cl)n1. The van der Waals surface area contributed by atoms with Crippen LogP contribution in [0.5, 0.6) is 17.4 Å². The molecule has 0 aliphatic carbocycles. The van der Waals surface area contributed by atoms with Crippen molar-refractivity contribution in [2.45, 2.75) is 0 Å². The number of hydrogen-bond donors (Lipinski definition) is 0. The fourth-order valence-electron chi connectivity index (χ4n) is 1.41. The summed E-state index contributed by atoms with van der Waals surface area (Å²) in [6.07, 6.45) is 0. The van der Waals surface area contributed by atoms with Crippen LogP contribution in [0.4, 0.5) is 5.69 Å². The zero-order chi connectivity index (χ0) is 13.8. The molecule has 1 aromatic carbocycles. The Balaban J connectivity index is 2.32. The molecule has 0 atom stereocenters. The molecule has 1 aromatic heterocycles. The number of ether oxygens (including phenoxy) is 2. The molecule has 7 heteroatoms. The fourth-order valence-corrected chi connectivity index (χ4v) is 1.57. The van der Waals surface area contributed by atoms with Crippen molar-refractivity contribution in [2.75, 3.05) is 7.11 Å². The molecule has 0 unspecified atom stereocenters. The highest BCUT2D eigenvalue weighted by Gasteiger charge is 2.13. The quantitative estimate of drug-likeness (QED) is 0.487. The number of hydrogen-bond acceptors (Lipinski definition) is 5. The third-order valence-corrected chi connectivity index (χ3v) is 2.47. The summed E-state index contributed by atoms with van der Waals surface area (Å²) in [5, 5.41) is 11.0. The van der Waals surface area contributed by atoms with Crippen LogP contribution in [-0.4, -0.2) is 17.0 Å². The van der Waals surface area contributed by atoms with Gasteiger partial charge in [0.15, 0.2) is 11.5 Å². The van der Waals surface area contributed by atoms with E-state index in [0.29, 0.717) is 10.9 Å². The van der Waals surface area contributed by atoms with Gasteiger partial charge in [0.25, 0.3) is 5.69 Å². The second-order valence-electron chi connectivity index (χ2n) is 3.49. The van der Waals surface area contributed by atoms with Crippen molar-refractivity contribution in [3.05, 3.63) is 51.7 Å². The lowest BCUT2D eigenvalue weighted by Gasteiger charge is -2.09. The highest BCUT2D eigenvalue weighted by molar-refractivity contribution is 6.29. The Hall–Kier alpha value is -2.34. The molecular weight excluding hydrogens is 272 g/mol. The van der Waals surface area contributed by atoms with Gasteiger partial charge in [0.05, 0.1) is 18.1 Å². The molecule has 6 nitrogen and oxygen atoms in total. The molecule has 2 aromatic rings. The number of aromatic nitrogens is 1. The molecule has 0 saturated heterocycles. The summed E-state index contributed by atoms with van der Waals surface area (Å²) < 4.78 is 10.5. The topological polar surface area (TPSA) is 74.5 Å². The maximum absolute atomic E-state index is 10.7. The van der Waals surface area contributed by atoms with Crippen molar-refractivity contribution in [1.82, 2.24) is 4.98 Å². The van der Waals surface area contributed by atoms with E-state index in [4.69, 9.17) is 21.1 Å². The predicted molar refractivity (Wildman–Crippen MR) is 69.0 cm³/mol. The Labute approximate surface area is 113 Å². The lowest BCUT2D eigenvalue weighted by atomic mass is 10.3. The predicted octanol–water partition coefficient (Wildman–Crippen LogP) is 3.44. The molecular formula is C12H9ClN2O4. The third kappa shape index (κ3) is 3.11. The van der Waals surface area contributed by atoms with Gasteiger partial charge < -0.3 is 9.47 Å². The molecule has 0 radical (unpaired) electrons. The summed E-state index contributed by atoms with van der Waals surface area (Å²) in [5.41, 5.74) is -0.0803. The Bertz CT molecular complexity index is 618. The van der Waals surface area contributed by atoms with Crippen LogP contribution in [0.25, 0.3) is 0 Å². The lowest BCUT2D eigenvalue weighted by Crippen LogP contribution is -1.94. The van der Waals surface area contributed by atoms with Crippen LogP contribution in [0.15, 0.2) is 36.4 Å². The van der Waals surface area contributed by atoms with Crippen LogP contribution < -0.4 is 9.47 Å². The van der Waals surface area contributed by atoms with E-state index in [2.05, 4.69) is 4.98 Å². The monoisotopic (exact) mass is 280 g/mol. The maximum atomic E-state index is 10.7. The Morgan fingerprint density at radius 3 is 2.68 bits per heavy atom. The molecule has 98 valence electrons. The summed E-state index contributed by atoms with van der Waals surface area (Å²) in [6, 6.07) is 8.96. The number of halogens is 1. The van der Waals surface area contributed by atoms with Gasteiger partial charge in [0, 0.05) is 12.1 Å². The first-order chi connectivity index (χ1) is 9.10. The van der Waals surface area contributed by atoms with Crippen molar-refractivity contribution < 1.29 is 14.4 Å². The second kappa shape index (κ2) is 5.53. The van der Waals surface area contributed by atoms with E-state index in [1.807, 2.05) is 0 Å². The minimum atomic E-state index is -0.510. The lowest BCUT2D eigenvalue weighted by molar-refractivity contribution is -0.384. The minimum Gasteiger partial charge on any atom is -0.493 e. The zero-order valence-electron chi connectivity index (χ0n) is 9.87. The van der Waals surface area contributed by atoms with Gasteiger partial charge in [0.1, 0.15) is 5.15 Å². The number of non-ortho nitro benzene ring substituents is 1.